The first kappa shape index (κ1) is 14.5. The van der Waals surface area contributed by atoms with Crippen molar-refractivity contribution in [2.45, 2.75) is 53.2 Å². The van der Waals surface area contributed by atoms with E-state index in [0.29, 0.717) is 6.61 Å². The lowest BCUT2D eigenvalue weighted by molar-refractivity contribution is -0.0201. The molecule has 1 aliphatic carbocycles. The molecule has 0 saturated carbocycles. The summed E-state index contributed by atoms with van der Waals surface area (Å²) >= 11 is 0. The number of ether oxygens (including phenoxy) is 1. The van der Waals surface area contributed by atoms with Crippen molar-refractivity contribution in [2.75, 3.05) is 6.61 Å². The van der Waals surface area contributed by atoms with E-state index in [2.05, 4.69) is 40.7 Å². The van der Waals surface area contributed by atoms with E-state index >= 15 is 0 Å². The maximum Gasteiger partial charge on any atom is 0.0806 e. The molecule has 3 atom stereocenters. The van der Waals surface area contributed by atoms with Crippen LogP contribution in [0, 0.1) is 11.3 Å². The van der Waals surface area contributed by atoms with Gasteiger partial charge in [-0.2, -0.15) is 0 Å². The van der Waals surface area contributed by atoms with Gasteiger partial charge >= 0.3 is 0 Å². The van der Waals surface area contributed by atoms with Gasteiger partial charge in [-0.3, -0.25) is 0 Å². The summed E-state index contributed by atoms with van der Waals surface area (Å²) in [5.41, 5.74) is 1.36. The molecule has 1 N–H and O–H groups in total. The molecule has 1 unspecified atom stereocenters. The maximum atomic E-state index is 9.70. The number of allylic oxidation sites excluding steroid dienone is 2. The molecule has 2 nitrogen and oxygen atoms in total. The molecule has 0 fully saturated rings. The van der Waals surface area contributed by atoms with Crippen LogP contribution in [0.1, 0.15) is 41.0 Å². The van der Waals surface area contributed by atoms with Gasteiger partial charge in [0.25, 0.3) is 0 Å². The van der Waals surface area contributed by atoms with E-state index < -0.39 is 0 Å². The van der Waals surface area contributed by atoms with Crippen LogP contribution in [0.3, 0.4) is 0 Å². The highest BCUT2D eigenvalue weighted by molar-refractivity contribution is 5.04. The summed E-state index contributed by atoms with van der Waals surface area (Å²) in [6, 6.07) is 0. The Labute approximate surface area is 105 Å². The Bertz CT molecular complexity index is 293. The first-order chi connectivity index (χ1) is 7.80. The number of aliphatic hydroxyl groups excluding tert-OH is 1. The third kappa shape index (κ3) is 4.64. The van der Waals surface area contributed by atoms with E-state index in [1.54, 1.807) is 0 Å². The largest absolute Gasteiger partial charge is 0.389 e. The van der Waals surface area contributed by atoms with Gasteiger partial charge < -0.3 is 9.84 Å². The van der Waals surface area contributed by atoms with Gasteiger partial charge in [-0.15, -0.1) is 0 Å². The summed E-state index contributed by atoms with van der Waals surface area (Å²) in [6.45, 7) is 11.4. The van der Waals surface area contributed by atoms with Crippen molar-refractivity contribution < 1.29 is 9.84 Å². The molecule has 0 aromatic carbocycles. The monoisotopic (exact) mass is 238 g/mol. The van der Waals surface area contributed by atoms with Crippen LogP contribution in [-0.2, 0) is 4.74 Å². The van der Waals surface area contributed by atoms with E-state index in [0.717, 1.165) is 6.42 Å². The van der Waals surface area contributed by atoms with Crippen molar-refractivity contribution in [1.82, 2.24) is 0 Å². The number of rotatable bonds is 4. The van der Waals surface area contributed by atoms with Crippen molar-refractivity contribution in [3.8, 4) is 0 Å². The summed E-state index contributed by atoms with van der Waals surface area (Å²) < 4.78 is 6.00. The molecule has 0 aromatic heterocycles. The third-order valence-corrected chi connectivity index (χ3v) is 3.08. The second-order valence-corrected chi connectivity index (χ2v) is 6.28. The fourth-order valence-corrected chi connectivity index (χ4v) is 1.93. The fraction of sp³-hybridized carbons (Fsp3) is 0.733. The highest BCUT2D eigenvalue weighted by Gasteiger charge is 2.27. The second-order valence-electron chi connectivity index (χ2n) is 6.28. The summed E-state index contributed by atoms with van der Waals surface area (Å²) in [7, 11) is 0. The maximum absolute atomic E-state index is 9.70. The topological polar surface area (TPSA) is 29.5 Å². The zero-order valence-electron chi connectivity index (χ0n) is 11.7. The molecule has 17 heavy (non-hydrogen) atoms. The molecular formula is C15H26O2. The van der Waals surface area contributed by atoms with Gasteiger partial charge in [0, 0.05) is 5.92 Å². The molecule has 0 amide bonds. The molecule has 0 aliphatic heterocycles. The zero-order chi connectivity index (χ0) is 13.1. The van der Waals surface area contributed by atoms with Crippen LogP contribution in [0.15, 0.2) is 23.8 Å². The van der Waals surface area contributed by atoms with E-state index in [4.69, 9.17) is 4.74 Å². The minimum absolute atomic E-state index is 0.0915. The molecule has 2 heteroatoms. The predicted molar refractivity (Wildman–Crippen MR) is 71.9 cm³/mol. The van der Waals surface area contributed by atoms with Crippen molar-refractivity contribution in [1.29, 1.82) is 0 Å². The smallest absolute Gasteiger partial charge is 0.0806 e. The first-order valence-corrected chi connectivity index (χ1v) is 6.42. The summed E-state index contributed by atoms with van der Waals surface area (Å²) in [6.07, 6.45) is 6.77. The van der Waals surface area contributed by atoms with Crippen LogP contribution in [-0.4, -0.2) is 23.9 Å². The van der Waals surface area contributed by atoms with Crippen LogP contribution in [0.5, 0.6) is 0 Å². The lowest BCUT2D eigenvalue weighted by Gasteiger charge is -2.30. The predicted octanol–water partition coefficient (Wildman–Crippen LogP) is 3.32. The quantitative estimate of drug-likeness (QED) is 0.761. The molecule has 98 valence electrons. The minimum atomic E-state index is -0.331. The van der Waals surface area contributed by atoms with Crippen molar-refractivity contribution in [3.05, 3.63) is 23.8 Å². The molecule has 1 rings (SSSR count). The molecule has 0 bridgehead atoms. The number of aliphatic hydroxyl groups is 1. The van der Waals surface area contributed by atoms with E-state index in [1.165, 1.54) is 5.57 Å². The Morgan fingerprint density at radius 3 is 2.53 bits per heavy atom. The van der Waals surface area contributed by atoms with E-state index in [1.807, 2.05) is 12.2 Å². The van der Waals surface area contributed by atoms with Gasteiger partial charge in [0.1, 0.15) is 0 Å². The zero-order valence-corrected chi connectivity index (χ0v) is 11.7. The van der Waals surface area contributed by atoms with Gasteiger partial charge in [-0.25, -0.2) is 0 Å². The first-order valence-electron chi connectivity index (χ1n) is 6.42. The third-order valence-electron chi connectivity index (χ3n) is 3.08. The fourth-order valence-electron chi connectivity index (χ4n) is 1.93. The molecule has 0 aromatic rings. The SMILES string of the molecule is CC(C)=CC(OC[C@H]1CC=C[C@H]1O)C(C)(C)C. The van der Waals surface area contributed by atoms with Crippen LogP contribution in [0.4, 0.5) is 0 Å². The Kier molecular flexibility index (Phi) is 4.96. The second kappa shape index (κ2) is 5.83. The van der Waals surface area contributed by atoms with Gasteiger partial charge in [-0.1, -0.05) is 44.6 Å². The summed E-state index contributed by atoms with van der Waals surface area (Å²) in [5, 5.41) is 9.70. The van der Waals surface area contributed by atoms with Gasteiger partial charge in [0.15, 0.2) is 0 Å². The molecular weight excluding hydrogens is 212 g/mol. The Morgan fingerprint density at radius 2 is 2.12 bits per heavy atom. The highest BCUT2D eigenvalue weighted by atomic mass is 16.5. The Hall–Kier alpha value is -0.600. The van der Waals surface area contributed by atoms with Crippen molar-refractivity contribution in [2.24, 2.45) is 11.3 Å². The highest BCUT2D eigenvalue weighted by Crippen LogP contribution is 2.27. The van der Waals surface area contributed by atoms with Crippen molar-refractivity contribution >= 4 is 0 Å². The molecule has 0 saturated heterocycles. The number of hydrogen-bond donors (Lipinski definition) is 1. The number of hydrogen-bond acceptors (Lipinski definition) is 2. The average Bonchev–Trinajstić information content (AvgIpc) is 2.56. The Morgan fingerprint density at radius 1 is 1.47 bits per heavy atom. The van der Waals surface area contributed by atoms with Crippen LogP contribution < -0.4 is 0 Å². The molecule has 0 radical (unpaired) electrons. The standard InChI is InChI=1S/C15H26O2/c1-11(2)9-14(15(3,4)5)17-10-12-7-6-8-13(12)16/h6,8-9,12-14,16H,7,10H2,1-5H3/t12-,13-,14?/m1/s1. The van der Waals surface area contributed by atoms with Gasteiger partial charge in [-0.05, 0) is 25.7 Å². The lowest BCUT2D eigenvalue weighted by atomic mass is 9.88. The van der Waals surface area contributed by atoms with Gasteiger partial charge in [0.05, 0.1) is 18.8 Å². The Balaban J connectivity index is 2.53. The van der Waals surface area contributed by atoms with Crippen LogP contribution >= 0.6 is 0 Å². The normalized spacial score (nSPS) is 26.0. The van der Waals surface area contributed by atoms with Crippen LogP contribution in [0.25, 0.3) is 0 Å². The summed E-state index contributed by atoms with van der Waals surface area (Å²) in [4.78, 5) is 0. The molecule has 1 aliphatic rings. The lowest BCUT2D eigenvalue weighted by Crippen LogP contribution is -2.31. The average molecular weight is 238 g/mol. The molecule has 0 heterocycles. The van der Waals surface area contributed by atoms with Crippen molar-refractivity contribution in [3.63, 3.8) is 0 Å². The summed E-state index contributed by atoms with van der Waals surface area (Å²) in [5.74, 6) is 0.227. The molecule has 0 spiro atoms. The van der Waals surface area contributed by atoms with E-state index in [-0.39, 0.29) is 23.5 Å². The minimum Gasteiger partial charge on any atom is -0.389 e. The van der Waals surface area contributed by atoms with E-state index in [9.17, 15) is 5.11 Å². The van der Waals surface area contributed by atoms with Crippen LogP contribution in [0.2, 0.25) is 0 Å². The van der Waals surface area contributed by atoms with Gasteiger partial charge in [0.2, 0.25) is 0 Å².